The number of carbonyl (C=O) groups excluding carboxylic acids is 1. The van der Waals surface area contributed by atoms with Gasteiger partial charge in [0.2, 0.25) is 0 Å². The van der Waals surface area contributed by atoms with Crippen LogP contribution < -0.4 is 0 Å². The zero-order valence-corrected chi connectivity index (χ0v) is 8.34. The number of hydrogen-bond acceptors (Lipinski definition) is 3. The smallest absolute Gasteiger partial charge is 0.356 e. The van der Waals surface area contributed by atoms with Crippen LogP contribution in [-0.4, -0.2) is 35.9 Å². The topological polar surface area (TPSA) is 29.5 Å². The van der Waals surface area contributed by atoms with E-state index in [9.17, 15) is 9.18 Å². The van der Waals surface area contributed by atoms with Crippen molar-refractivity contribution in [2.75, 3.05) is 13.1 Å². The molecule has 1 unspecified atom stereocenters. The fraction of sp³-hybridized carbons (Fsp3) is 0.889. The number of likely N-dealkylation sites (tertiary alicyclic amines) is 1. The van der Waals surface area contributed by atoms with Crippen LogP contribution in [0.3, 0.4) is 0 Å². The van der Waals surface area contributed by atoms with E-state index in [1.54, 1.807) is 20.8 Å². The molecule has 0 radical (unpaired) electrons. The van der Waals surface area contributed by atoms with Crippen molar-refractivity contribution in [3.63, 3.8) is 0 Å². The second-order valence-corrected chi connectivity index (χ2v) is 4.26. The van der Waals surface area contributed by atoms with Crippen LogP contribution in [0.4, 0.5) is 4.39 Å². The zero-order chi connectivity index (χ0) is 10.1. The molecule has 0 aromatic rings. The molecule has 0 aliphatic carbocycles. The number of hydrogen-bond donors (Lipinski definition) is 0. The Morgan fingerprint density at radius 2 is 2.00 bits per heavy atom. The van der Waals surface area contributed by atoms with Gasteiger partial charge in [-0.2, -0.15) is 0 Å². The van der Waals surface area contributed by atoms with Crippen molar-refractivity contribution in [3.8, 4) is 0 Å². The number of nitrogens with zero attached hydrogens (tertiary/aromatic N) is 1. The standard InChI is InChI=1S/C9H16FNO2/c1-9(2,3)13-8(12)7(10)11-5-4-6-11/h7H,4-6H2,1-3H3. The molecule has 3 nitrogen and oxygen atoms in total. The third-order valence-electron chi connectivity index (χ3n) is 1.81. The molecule has 76 valence electrons. The van der Waals surface area contributed by atoms with Crippen molar-refractivity contribution >= 4 is 5.97 Å². The highest BCUT2D eigenvalue weighted by molar-refractivity contribution is 5.74. The number of alkyl halides is 1. The summed E-state index contributed by atoms with van der Waals surface area (Å²) < 4.78 is 18.1. The van der Waals surface area contributed by atoms with Gasteiger partial charge in [0.05, 0.1) is 0 Å². The lowest BCUT2D eigenvalue weighted by Gasteiger charge is -2.33. The van der Waals surface area contributed by atoms with Crippen molar-refractivity contribution in [3.05, 3.63) is 0 Å². The number of esters is 1. The van der Waals surface area contributed by atoms with Gasteiger partial charge in [-0.05, 0) is 27.2 Å². The summed E-state index contributed by atoms with van der Waals surface area (Å²) >= 11 is 0. The molecule has 1 saturated heterocycles. The maximum absolute atomic E-state index is 13.2. The van der Waals surface area contributed by atoms with E-state index in [4.69, 9.17) is 4.74 Å². The average Bonchev–Trinajstić information content (AvgIpc) is 1.78. The normalized spacial score (nSPS) is 20.6. The van der Waals surface area contributed by atoms with Crippen LogP contribution in [0.5, 0.6) is 0 Å². The molecule has 1 aliphatic heterocycles. The van der Waals surface area contributed by atoms with E-state index in [1.165, 1.54) is 4.90 Å². The number of halogens is 1. The Kier molecular flexibility index (Phi) is 2.91. The molecule has 1 rings (SSSR count). The molecule has 0 N–H and O–H groups in total. The van der Waals surface area contributed by atoms with Gasteiger partial charge in [-0.15, -0.1) is 0 Å². The maximum Gasteiger partial charge on any atom is 0.356 e. The van der Waals surface area contributed by atoms with Gasteiger partial charge in [-0.1, -0.05) is 0 Å². The lowest BCUT2D eigenvalue weighted by atomic mass is 10.2. The highest BCUT2D eigenvalue weighted by atomic mass is 19.1. The Bertz CT molecular complexity index is 196. The first-order valence-electron chi connectivity index (χ1n) is 4.51. The number of ether oxygens (including phenoxy) is 1. The Hall–Kier alpha value is -0.640. The molecular formula is C9H16FNO2. The predicted octanol–water partition coefficient (Wildman–Crippen LogP) is 1.33. The van der Waals surface area contributed by atoms with Crippen LogP contribution in [0.15, 0.2) is 0 Å². The van der Waals surface area contributed by atoms with Crippen LogP contribution in [0.25, 0.3) is 0 Å². The Labute approximate surface area is 77.9 Å². The fourth-order valence-electron chi connectivity index (χ4n) is 1.07. The summed E-state index contributed by atoms with van der Waals surface area (Å²) in [6, 6.07) is 0. The van der Waals surface area contributed by atoms with Crippen molar-refractivity contribution in [2.24, 2.45) is 0 Å². The first-order valence-corrected chi connectivity index (χ1v) is 4.51. The van der Waals surface area contributed by atoms with Crippen molar-refractivity contribution in [1.82, 2.24) is 4.90 Å². The molecular weight excluding hydrogens is 173 g/mol. The summed E-state index contributed by atoms with van der Waals surface area (Å²) in [6.45, 7) is 6.50. The zero-order valence-electron chi connectivity index (χ0n) is 8.34. The Morgan fingerprint density at radius 1 is 1.46 bits per heavy atom. The van der Waals surface area contributed by atoms with Crippen LogP contribution in [0, 0.1) is 0 Å². The molecule has 4 heteroatoms. The van der Waals surface area contributed by atoms with Crippen LogP contribution in [-0.2, 0) is 9.53 Å². The minimum Gasteiger partial charge on any atom is -0.457 e. The van der Waals surface area contributed by atoms with Gasteiger partial charge in [-0.25, -0.2) is 9.18 Å². The van der Waals surface area contributed by atoms with E-state index < -0.39 is 17.9 Å². The fourth-order valence-corrected chi connectivity index (χ4v) is 1.07. The molecule has 1 fully saturated rings. The molecule has 0 amide bonds. The predicted molar refractivity (Wildman–Crippen MR) is 46.9 cm³/mol. The Balaban J connectivity index is 2.38. The van der Waals surface area contributed by atoms with Crippen molar-refractivity contribution in [1.29, 1.82) is 0 Å². The third-order valence-corrected chi connectivity index (χ3v) is 1.81. The van der Waals surface area contributed by atoms with Crippen LogP contribution in [0.2, 0.25) is 0 Å². The van der Waals surface area contributed by atoms with Gasteiger partial charge in [0.25, 0.3) is 6.30 Å². The van der Waals surface area contributed by atoms with Gasteiger partial charge in [0, 0.05) is 13.1 Å². The Morgan fingerprint density at radius 3 is 2.31 bits per heavy atom. The van der Waals surface area contributed by atoms with Crippen LogP contribution in [0.1, 0.15) is 27.2 Å². The first kappa shape index (κ1) is 10.4. The highest BCUT2D eigenvalue weighted by Gasteiger charge is 2.32. The molecule has 13 heavy (non-hydrogen) atoms. The third kappa shape index (κ3) is 2.95. The second kappa shape index (κ2) is 3.62. The molecule has 0 bridgehead atoms. The van der Waals surface area contributed by atoms with E-state index in [0.29, 0.717) is 13.1 Å². The quantitative estimate of drug-likeness (QED) is 0.485. The molecule has 0 spiro atoms. The van der Waals surface area contributed by atoms with E-state index in [2.05, 4.69) is 0 Å². The molecule has 1 aliphatic rings. The molecule has 0 aromatic heterocycles. The van der Waals surface area contributed by atoms with E-state index in [-0.39, 0.29) is 0 Å². The molecule has 1 heterocycles. The number of carbonyl (C=O) groups is 1. The SMILES string of the molecule is CC(C)(C)OC(=O)C(F)N1CCC1. The van der Waals surface area contributed by atoms with Gasteiger partial charge in [-0.3, -0.25) is 4.90 Å². The highest BCUT2D eigenvalue weighted by Crippen LogP contribution is 2.16. The minimum absolute atomic E-state index is 0.605. The van der Waals surface area contributed by atoms with Crippen LogP contribution >= 0.6 is 0 Å². The second-order valence-electron chi connectivity index (χ2n) is 4.26. The summed E-state index contributed by atoms with van der Waals surface area (Å²) in [5.41, 5.74) is -0.605. The monoisotopic (exact) mass is 189 g/mol. The summed E-state index contributed by atoms with van der Waals surface area (Å²) in [6.07, 6.45) is -0.614. The summed E-state index contributed by atoms with van der Waals surface area (Å²) in [5.74, 6) is -0.771. The summed E-state index contributed by atoms with van der Waals surface area (Å²) in [4.78, 5) is 12.6. The largest absolute Gasteiger partial charge is 0.457 e. The number of rotatable bonds is 2. The first-order chi connectivity index (χ1) is 5.90. The maximum atomic E-state index is 13.2. The van der Waals surface area contributed by atoms with E-state index >= 15 is 0 Å². The van der Waals surface area contributed by atoms with Gasteiger partial charge >= 0.3 is 5.97 Å². The molecule has 1 atom stereocenters. The average molecular weight is 189 g/mol. The molecule has 0 saturated carbocycles. The van der Waals surface area contributed by atoms with E-state index in [0.717, 1.165) is 6.42 Å². The van der Waals surface area contributed by atoms with Gasteiger partial charge in [0.1, 0.15) is 5.60 Å². The van der Waals surface area contributed by atoms with Gasteiger partial charge < -0.3 is 4.74 Å². The van der Waals surface area contributed by atoms with Gasteiger partial charge in [0.15, 0.2) is 0 Å². The van der Waals surface area contributed by atoms with E-state index in [1.807, 2.05) is 0 Å². The van der Waals surface area contributed by atoms with Crippen molar-refractivity contribution in [2.45, 2.75) is 39.1 Å². The van der Waals surface area contributed by atoms with Crippen molar-refractivity contribution < 1.29 is 13.9 Å². The summed E-state index contributed by atoms with van der Waals surface area (Å²) in [5, 5.41) is 0. The summed E-state index contributed by atoms with van der Waals surface area (Å²) in [7, 11) is 0. The lowest BCUT2D eigenvalue weighted by Crippen LogP contribution is -2.48. The minimum atomic E-state index is -1.58. The molecule has 0 aromatic carbocycles. The lowest BCUT2D eigenvalue weighted by molar-refractivity contribution is -0.171.